The van der Waals surface area contributed by atoms with Crippen molar-refractivity contribution in [2.24, 2.45) is 0 Å². The lowest BCUT2D eigenvalue weighted by molar-refractivity contribution is 0.0600. The Morgan fingerprint density at radius 3 is 2.75 bits per heavy atom. The average Bonchev–Trinajstić information content (AvgIpc) is 2.08. The Morgan fingerprint density at radius 1 is 1.58 bits per heavy atom. The van der Waals surface area contributed by atoms with Crippen molar-refractivity contribution in [2.75, 3.05) is 7.11 Å². The van der Waals surface area contributed by atoms with Gasteiger partial charge in [-0.05, 0) is 34.1 Å². The van der Waals surface area contributed by atoms with Gasteiger partial charge in [0, 0.05) is 4.47 Å². The SMILES string of the molecule is COC(=O)c1ccc(Cl)c(Br)c1. The van der Waals surface area contributed by atoms with Crippen LogP contribution in [0.25, 0.3) is 0 Å². The van der Waals surface area contributed by atoms with Gasteiger partial charge >= 0.3 is 5.97 Å². The van der Waals surface area contributed by atoms with E-state index in [0.29, 0.717) is 15.1 Å². The molecule has 64 valence electrons. The number of esters is 1. The molecular weight excluding hydrogens is 243 g/mol. The lowest BCUT2D eigenvalue weighted by Gasteiger charge is -2.00. The Labute approximate surface area is 83.6 Å². The van der Waals surface area contributed by atoms with Crippen molar-refractivity contribution in [3.63, 3.8) is 0 Å². The first-order chi connectivity index (χ1) is 5.65. The van der Waals surface area contributed by atoms with Crippen LogP contribution < -0.4 is 0 Å². The van der Waals surface area contributed by atoms with Gasteiger partial charge in [-0.1, -0.05) is 11.6 Å². The molecule has 0 fully saturated rings. The van der Waals surface area contributed by atoms with Crippen LogP contribution in [-0.4, -0.2) is 13.1 Å². The highest BCUT2D eigenvalue weighted by Gasteiger charge is 2.06. The van der Waals surface area contributed by atoms with Crippen LogP contribution in [0.15, 0.2) is 22.7 Å². The smallest absolute Gasteiger partial charge is 0.337 e. The molecule has 0 atom stereocenters. The number of hydrogen-bond acceptors (Lipinski definition) is 2. The van der Waals surface area contributed by atoms with Crippen LogP contribution in [0.4, 0.5) is 0 Å². The van der Waals surface area contributed by atoms with E-state index in [9.17, 15) is 4.79 Å². The molecule has 0 saturated heterocycles. The van der Waals surface area contributed by atoms with Crippen LogP contribution in [0.1, 0.15) is 10.4 Å². The summed E-state index contributed by atoms with van der Waals surface area (Å²) in [5.41, 5.74) is 0.480. The number of carbonyl (C=O) groups is 1. The number of benzene rings is 1. The monoisotopic (exact) mass is 248 g/mol. The zero-order valence-corrected chi connectivity index (χ0v) is 8.65. The third kappa shape index (κ3) is 1.99. The Bertz CT molecular complexity index is 312. The molecule has 0 radical (unpaired) electrons. The summed E-state index contributed by atoms with van der Waals surface area (Å²) in [5, 5.41) is 0.572. The molecule has 0 heterocycles. The molecule has 0 aliphatic rings. The maximum absolute atomic E-state index is 11.0. The van der Waals surface area contributed by atoms with Gasteiger partial charge in [0.2, 0.25) is 0 Å². The molecular formula is C8H6BrClO2. The van der Waals surface area contributed by atoms with Crippen molar-refractivity contribution >= 4 is 33.5 Å². The fourth-order valence-electron chi connectivity index (χ4n) is 0.741. The van der Waals surface area contributed by atoms with Crippen molar-refractivity contribution in [3.8, 4) is 0 Å². The summed E-state index contributed by atoms with van der Waals surface area (Å²) in [5.74, 6) is -0.368. The van der Waals surface area contributed by atoms with Gasteiger partial charge in [-0.3, -0.25) is 0 Å². The van der Waals surface area contributed by atoms with Crippen LogP contribution in [-0.2, 0) is 4.74 Å². The number of hydrogen-bond donors (Lipinski definition) is 0. The lowest BCUT2D eigenvalue weighted by Crippen LogP contribution is -2.00. The maximum Gasteiger partial charge on any atom is 0.337 e. The van der Waals surface area contributed by atoms with Crippen LogP contribution >= 0.6 is 27.5 Å². The van der Waals surface area contributed by atoms with E-state index in [0.717, 1.165) is 0 Å². The van der Waals surface area contributed by atoms with E-state index in [1.165, 1.54) is 7.11 Å². The number of methoxy groups -OCH3 is 1. The second-order valence-electron chi connectivity index (χ2n) is 2.12. The Hall–Kier alpha value is -0.540. The van der Waals surface area contributed by atoms with E-state index in [1.807, 2.05) is 0 Å². The Balaban J connectivity index is 3.05. The van der Waals surface area contributed by atoms with Crippen LogP contribution in [0, 0.1) is 0 Å². The van der Waals surface area contributed by atoms with Gasteiger partial charge in [-0.15, -0.1) is 0 Å². The second kappa shape index (κ2) is 3.92. The molecule has 4 heteroatoms. The number of halogens is 2. The minimum absolute atomic E-state index is 0.368. The number of ether oxygens (including phenoxy) is 1. The van der Waals surface area contributed by atoms with E-state index in [4.69, 9.17) is 11.6 Å². The molecule has 0 N–H and O–H groups in total. The zero-order chi connectivity index (χ0) is 9.14. The minimum atomic E-state index is -0.368. The van der Waals surface area contributed by atoms with Gasteiger partial charge < -0.3 is 4.74 Å². The second-order valence-corrected chi connectivity index (χ2v) is 3.38. The summed E-state index contributed by atoms with van der Waals surface area (Å²) < 4.78 is 5.22. The van der Waals surface area contributed by atoms with Gasteiger partial charge in [0.15, 0.2) is 0 Å². The summed E-state index contributed by atoms with van der Waals surface area (Å²) in [6.07, 6.45) is 0. The van der Waals surface area contributed by atoms with E-state index in [2.05, 4.69) is 20.7 Å². The molecule has 12 heavy (non-hydrogen) atoms. The predicted molar refractivity (Wildman–Crippen MR) is 50.5 cm³/mol. The van der Waals surface area contributed by atoms with Crippen molar-refractivity contribution < 1.29 is 9.53 Å². The Kier molecular flexibility index (Phi) is 3.12. The molecule has 0 aromatic heterocycles. The first kappa shape index (κ1) is 9.55. The van der Waals surface area contributed by atoms with E-state index < -0.39 is 0 Å². The standard InChI is InChI=1S/C8H6BrClO2/c1-12-8(11)5-2-3-7(10)6(9)4-5/h2-4H,1H3. The third-order valence-electron chi connectivity index (χ3n) is 1.34. The van der Waals surface area contributed by atoms with Gasteiger partial charge in [0.25, 0.3) is 0 Å². The molecule has 0 aliphatic heterocycles. The topological polar surface area (TPSA) is 26.3 Å². The van der Waals surface area contributed by atoms with Gasteiger partial charge in [-0.2, -0.15) is 0 Å². The summed E-state index contributed by atoms with van der Waals surface area (Å²) in [6.45, 7) is 0. The molecule has 0 aliphatic carbocycles. The highest BCUT2D eigenvalue weighted by atomic mass is 79.9. The average molecular weight is 249 g/mol. The molecule has 0 spiro atoms. The van der Waals surface area contributed by atoms with Gasteiger partial charge in [0.1, 0.15) is 0 Å². The van der Waals surface area contributed by atoms with E-state index >= 15 is 0 Å². The Morgan fingerprint density at radius 2 is 2.25 bits per heavy atom. The fraction of sp³-hybridized carbons (Fsp3) is 0.125. The zero-order valence-electron chi connectivity index (χ0n) is 6.30. The fourth-order valence-corrected chi connectivity index (χ4v) is 1.24. The van der Waals surface area contributed by atoms with Crippen molar-refractivity contribution in [1.82, 2.24) is 0 Å². The summed E-state index contributed by atoms with van der Waals surface area (Å²) in [7, 11) is 1.34. The number of rotatable bonds is 1. The molecule has 1 aromatic carbocycles. The van der Waals surface area contributed by atoms with Crippen LogP contribution in [0.2, 0.25) is 5.02 Å². The highest BCUT2D eigenvalue weighted by molar-refractivity contribution is 9.10. The van der Waals surface area contributed by atoms with Crippen molar-refractivity contribution in [1.29, 1.82) is 0 Å². The van der Waals surface area contributed by atoms with Crippen molar-refractivity contribution in [3.05, 3.63) is 33.3 Å². The third-order valence-corrected chi connectivity index (χ3v) is 2.55. The largest absolute Gasteiger partial charge is 0.465 e. The van der Waals surface area contributed by atoms with E-state index in [1.54, 1.807) is 18.2 Å². The predicted octanol–water partition coefficient (Wildman–Crippen LogP) is 2.89. The molecule has 0 unspecified atom stereocenters. The molecule has 0 amide bonds. The molecule has 1 aromatic rings. The number of carbonyl (C=O) groups excluding carboxylic acids is 1. The summed E-state index contributed by atoms with van der Waals surface area (Å²) >= 11 is 8.93. The normalized spacial score (nSPS) is 9.58. The molecule has 0 saturated carbocycles. The molecule has 0 bridgehead atoms. The maximum atomic E-state index is 11.0. The van der Waals surface area contributed by atoms with Gasteiger partial charge in [0.05, 0.1) is 17.7 Å². The lowest BCUT2D eigenvalue weighted by atomic mass is 10.2. The van der Waals surface area contributed by atoms with Crippen molar-refractivity contribution in [2.45, 2.75) is 0 Å². The summed E-state index contributed by atoms with van der Waals surface area (Å²) in [4.78, 5) is 11.0. The minimum Gasteiger partial charge on any atom is -0.465 e. The molecule has 1 rings (SSSR count). The van der Waals surface area contributed by atoms with E-state index in [-0.39, 0.29) is 5.97 Å². The first-order valence-corrected chi connectivity index (χ1v) is 4.35. The highest BCUT2D eigenvalue weighted by Crippen LogP contribution is 2.23. The summed E-state index contributed by atoms with van der Waals surface area (Å²) in [6, 6.07) is 4.87. The molecule has 2 nitrogen and oxygen atoms in total. The quantitative estimate of drug-likeness (QED) is 0.715. The van der Waals surface area contributed by atoms with Crippen LogP contribution in [0.5, 0.6) is 0 Å². The first-order valence-electron chi connectivity index (χ1n) is 3.18. The van der Waals surface area contributed by atoms with Gasteiger partial charge in [-0.25, -0.2) is 4.79 Å². The van der Waals surface area contributed by atoms with Crippen LogP contribution in [0.3, 0.4) is 0 Å².